The number of carbonyl (C=O) groups excluding carboxylic acids is 1. The summed E-state index contributed by atoms with van der Waals surface area (Å²) < 4.78 is 10.7. The van der Waals surface area contributed by atoms with Crippen molar-refractivity contribution in [1.29, 1.82) is 0 Å². The number of ether oxygens (including phenoxy) is 2. The zero-order valence-corrected chi connectivity index (χ0v) is 16.8. The van der Waals surface area contributed by atoms with Crippen molar-refractivity contribution in [3.63, 3.8) is 0 Å². The third-order valence-corrected chi connectivity index (χ3v) is 5.57. The van der Waals surface area contributed by atoms with Crippen LogP contribution in [0.2, 0.25) is 0 Å². The lowest BCUT2D eigenvalue weighted by molar-refractivity contribution is -0.126. The summed E-state index contributed by atoms with van der Waals surface area (Å²) in [5.41, 5.74) is 2.23. The van der Waals surface area contributed by atoms with Crippen LogP contribution in [0.3, 0.4) is 0 Å². The Hall–Kier alpha value is -3.02. The monoisotopic (exact) mass is 397 g/mol. The summed E-state index contributed by atoms with van der Waals surface area (Å²) in [4.78, 5) is 23.7. The Kier molecular flexibility index (Phi) is 6.75. The van der Waals surface area contributed by atoms with Crippen molar-refractivity contribution >= 4 is 11.9 Å². The van der Waals surface area contributed by atoms with Gasteiger partial charge in [0, 0.05) is 18.5 Å². The van der Waals surface area contributed by atoms with Crippen molar-refractivity contribution in [2.45, 2.75) is 32.2 Å². The second kappa shape index (κ2) is 9.45. The number of nitrogens with one attached hydrogen (secondary N) is 1. The molecule has 0 aliphatic heterocycles. The number of amides is 1. The molecule has 6 nitrogen and oxygen atoms in total. The molecule has 29 heavy (non-hydrogen) atoms. The van der Waals surface area contributed by atoms with Crippen LogP contribution in [-0.2, 0) is 17.8 Å². The van der Waals surface area contributed by atoms with E-state index in [1.54, 1.807) is 38.5 Å². The topological polar surface area (TPSA) is 84.9 Å². The van der Waals surface area contributed by atoms with E-state index in [1.165, 1.54) is 0 Å². The third-order valence-electron chi connectivity index (χ3n) is 5.57. The Morgan fingerprint density at radius 1 is 1.00 bits per heavy atom. The fraction of sp³-hybridized carbons (Fsp3) is 0.391. The summed E-state index contributed by atoms with van der Waals surface area (Å²) in [5, 5.41) is 12.0. The number of methoxy groups -OCH3 is 2. The summed E-state index contributed by atoms with van der Waals surface area (Å²) >= 11 is 0. The average molecular weight is 397 g/mol. The molecule has 3 rings (SSSR count). The molecule has 0 bridgehead atoms. The van der Waals surface area contributed by atoms with Crippen LogP contribution < -0.4 is 14.8 Å². The van der Waals surface area contributed by atoms with E-state index in [4.69, 9.17) is 14.6 Å². The molecule has 2 aromatic rings. The van der Waals surface area contributed by atoms with Crippen LogP contribution in [0.15, 0.2) is 42.5 Å². The molecule has 2 N–H and O–H groups in total. The Labute approximate surface area is 170 Å². The van der Waals surface area contributed by atoms with Gasteiger partial charge in [-0.25, -0.2) is 4.79 Å². The molecule has 2 unspecified atom stereocenters. The SMILES string of the molecule is COc1cc(CC2CCCC2C(=O)NCc2ccc(C(=O)O)cc2)cc(OC)c1. The maximum Gasteiger partial charge on any atom is 0.335 e. The summed E-state index contributed by atoms with van der Waals surface area (Å²) in [6.07, 6.45) is 3.75. The minimum atomic E-state index is -0.955. The predicted octanol–water partition coefficient (Wildman–Crippen LogP) is 3.68. The molecule has 0 heterocycles. The van der Waals surface area contributed by atoms with Crippen LogP contribution in [0.1, 0.15) is 40.7 Å². The number of benzene rings is 2. The summed E-state index contributed by atoms with van der Waals surface area (Å²) in [6.45, 7) is 0.398. The Morgan fingerprint density at radius 2 is 1.66 bits per heavy atom. The standard InChI is InChI=1S/C23H27NO5/c1-28-19-11-16(12-20(13-19)29-2)10-18-4-3-5-21(18)22(25)24-14-15-6-8-17(9-7-15)23(26)27/h6-9,11-13,18,21H,3-5,10,14H2,1-2H3,(H,24,25)(H,26,27). The molecule has 2 atom stereocenters. The maximum absolute atomic E-state index is 12.8. The Bertz CT molecular complexity index is 840. The number of rotatable bonds is 8. The first-order valence-corrected chi connectivity index (χ1v) is 9.82. The second-order valence-electron chi connectivity index (χ2n) is 7.44. The van der Waals surface area contributed by atoms with Gasteiger partial charge in [-0.2, -0.15) is 0 Å². The van der Waals surface area contributed by atoms with E-state index in [9.17, 15) is 9.59 Å². The number of carboxylic acid groups (broad SMARTS) is 1. The van der Waals surface area contributed by atoms with Gasteiger partial charge in [0.1, 0.15) is 11.5 Å². The molecule has 0 saturated heterocycles. The summed E-state index contributed by atoms with van der Waals surface area (Å²) in [5.74, 6) is 0.867. The van der Waals surface area contributed by atoms with Crippen LogP contribution >= 0.6 is 0 Å². The van der Waals surface area contributed by atoms with E-state index in [0.717, 1.165) is 48.3 Å². The first-order chi connectivity index (χ1) is 14.0. The lowest BCUT2D eigenvalue weighted by atomic mass is 9.89. The van der Waals surface area contributed by atoms with E-state index in [-0.39, 0.29) is 23.3 Å². The molecule has 1 fully saturated rings. The molecular weight excluding hydrogens is 370 g/mol. The fourth-order valence-electron chi connectivity index (χ4n) is 4.00. The van der Waals surface area contributed by atoms with Crippen LogP contribution in [0.4, 0.5) is 0 Å². The van der Waals surface area contributed by atoms with Crippen molar-refractivity contribution in [3.8, 4) is 11.5 Å². The van der Waals surface area contributed by atoms with Crippen LogP contribution in [0, 0.1) is 11.8 Å². The zero-order valence-electron chi connectivity index (χ0n) is 16.8. The molecule has 0 radical (unpaired) electrons. The predicted molar refractivity (Wildman–Crippen MR) is 109 cm³/mol. The van der Waals surface area contributed by atoms with Crippen molar-refractivity contribution in [2.24, 2.45) is 11.8 Å². The van der Waals surface area contributed by atoms with Crippen molar-refractivity contribution in [3.05, 3.63) is 59.2 Å². The average Bonchev–Trinajstić information content (AvgIpc) is 3.20. The maximum atomic E-state index is 12.8. The third kappa shape index (κ3) is 5.28. The van der Waals surface area contributed by atoms with Gasteiger partial charge in [-0.15, -0.1) is 0 Å². The second-order valence-corrected chi connectivity index (χ2v) is 7.44. The van der Waals surface area contributed by atoms with Gasteiger partial charge in [-0.3, -0.25) is 4.79 Å². The van der Waals surface area contributed by atoms with E-state index in [1.807, 2.05) is 18.2 Å². The van der Waals surface area contributed by atoms with Gasteiger partial charge >= 0.3 is 5.97 Å². The first kappa shape index (κ1) is 20.7. The van der Waals surface area contributed by atoms with E-state index in [2.05, 4.69) is 5.32 Å². The van der Waals surface area contributed by atoms with Gasteiger partial charge in [-0.05, 0) is 60.6 Å². The van der Waals surface area contributed by atoms with Gasteiger partial charge in [0.25, 0.3) is 0 Å². The van der Waals surface area contributed by atoms with Gasteiger partial charge in [0.05, 0.1) is 19.8 Å². The molecule has 1 aliphatic carbocycles. The highest BCUT2D eigenvalue weighted by molar-refractivity contribution is 5.87. The van der Waals surface area contributed by atoms with E-state index < -0.39 is 5.97 Å². The van der Waals surface area contributed by atoms with Crippen molar-refractivity contribution in [2.75, 3.05) is 14.2 Å². The molecular formula is C23H27NO5. The first-order valence-electron chi connectivity index (χ1n) is 9.82. The minimum Gasteiger partial charge on any atom is -0.497 e. The Morgan fingerprint density at radius 3 is 2.24 bits per heavy atom. The molecule has 2 aromatic carbocycles. The summed E-state index contributed by atoms with van der Waals surface area (Å²) in [6, 6.07) is 12.4. The molecule has 0 spiro atoms. The fourth-order valence-corrected chi connectivity index (χ4v) is 4.00. The van der Waals surface area contributed by atoms with Gasteiger partial charge in [0.15, 0.2) is 0 Å². The van der Waals surface area contributed by atoms with Gasteiger partial charge < -0.3 is 19.9 Å². The Balaban J connectivity index is 1.61. The largest absolute Gasteiger partial charge is 0.497 e. The number of carbonyl (C=O) groups is 2. The lowest BCUT2D eigenvalue weighted by Gasteiger charge is -2.20. The summed E-state index contributed by atoms with van der Waals surface area (Å²) in [7, 11) is 3.26. The van der Waals surface area contributed by atoms with Crippen molar-refractivity contribution in [1.82, 2.24) is 5.32 Å². The zero-order chi connectivity index (χ0) is 20.8. The normalized spacial score (nSPS) is 18.3. The lowest BCUT2D eigenvalue weighted by Crippen LogP contribution is -2.33. The molecule has 1 saturated carbocycles. The van der Waals surface area contributed by atoms with Crippen LogP contribution in [0.25, 0.3) is 0 Å². The van der Waals surface area contributed by atoms with Crippen molar-refractivity contribution < 1.29 is 24.2 Å². The number of hydrogen-bond donors (Lipinski definition) is 2. The molecule has 6 heteroatoms. The minimum absolute atomic E-state index is 0.0227. The number of aromatic carboxylic acids is 1. The number of carboxylic acids is 1. The molecule has 1 amide bonds. The van der Waals surface area contributed by atoms with Gasteiger partial charge in [0.2, 0.25) is 5.91 Å². The highest BCUT2D eigenvalue weighted by Crippen LogP contribution is 2.36. The number of hydrogen-bond acceptors (Lipinski definition) is 4. The quantitative estimate of drug-likeness (QED) is 0.710. The molecule has 154 valence electrons. The van der Waals surface area contributed by atoms with Gasteiger partial charge in [-0.1, -0.05) is 18.6 Å². The highest BCUT2D eigenvalue weighted by Gasteiger charge is 2.33. The van der Waals surface area contributed by atoms with Crippen LogP contribution in [-0.4, -0.2) is 31.2 Å². The molecule has 0 aromatic heterocycles. The smallest absolute Gasteiger partial charge is 0.335 e. The van der Waals surface area contributed by atoms with E-state index >= 15 is 0 Å². The van der Waals surface area contributed by atoms with E-state index in [0.29, 0.717) is 6.54 Å². The molecule has 1 aliphatic rings. The highest BCUT2D eigenvalue weighted by atomic mass is 16.5. The van der Waals surface area contributed by atoms with Crippen LogP contribution in [0.5, 0.6) is 11.5 Å².